The van der Waals surface area contributed by atoms with Gasteiger partial charge < -0.3 is 16.0 Å². The van der Waals surface area contributed by atoms with Gasteiger partial charge in [-0.3, -0.25) is 0 Å². The maximum Gasteiger partial charge on any atom is 0.433 e. The molecular formula is C22H21F6N7. The van der Waals surface area contributed by atoms with Crippen LogP contribution in [-0.4, -0.2) is 38.9 Å². The Hall–Kier alpha value is -3.64. The highest BCUT2D eigenvalue weighted by Crippen LogP contribution is 2.34. The highest BCUT2D eigenvalue weighted by molar-refractivity contribution is 5.63. The number of rotatable bonds is 6. The van der Waals surface area contributed by atoms with E-state index in [2.05, 4.69) is 35.9 Å². The second kappa shape index (κ2) is 9.55. The standard InChI is InChI=1S/C22H21F6N7/c1-29-14-9-12(23)10-15(11-14)31-20-34-18(16-3-2-4-17(32-16)22(26,27)28)33-19(35-20)30-13-5-7-21(24,25)8-6-13/h2-4,9-11,13,29H,5-8H2,1H3,(H2,30,31,33,34,35). The summed E-state index contributed by atoms with van der Waals surface area (Å²) in [4.78, 5) is 16.2. The van der Waals surface area contributed by atoms with Crippen molar-refractivity contribution in [3.63, 3.8) is 0 Å². The number of nitrogens with zero attached hydrogens (tertiary/aromatic N) is 4. The van der Waals surface area contributed by atoms with Crippen molar-refractivity contribution in [2.75, 3.05) is 23.0 Å². The van der Waals surface area contributed by atoms with E-state index in [1.165, 1.54) is 24.3 Å². The van der Waals surface area contributed by atoms with E-state index in [0.29, 0.717) is 5.69 Å². The molecule has 0 radical (unpaired) electrons. The lowest BCUT2D eigenvalue weighted by Gasteiger charge is -2.28. The molecule has 35 heavy (non-hydrogen) atoms. The van der Waals surface area contributed by atoms with Gasteiger partial charge in [0.15, 0.2) is 5.82 Å². The minimum atomic E-state index is -4.68. The summed E-state index contributed by atoms with van der Waals surface area (Å²) in [6, 6.07) is 6.95. The van der Waals surface area contributed by atoms with Gasteiger partial charge in [0.1, 0.15) is 17.2 Å². The van der Waals surface area contributed by atoms with E-state index >= 15 is 0 Å². The van der Waals surface area contributed by atoms with Crippen molar-refractivity contribution >= 4 is 23.3 Å². The van der Waals surface area contributed by atoms with E-state index in [4.69, 9.17) is 0 Å². The Labute approximate surface area is 196 Å². The lowest BCUT2D eigenvalue weighted by molar-refractivity contribution is -0.141. The number of hydrogen-bond acceptors (Lipinski definition) is 7. The van der Waals surface area contributed by atoms with Crippen LogP contribution in [0.2, 0.25) is 0 Å². The van der Waals surface area contributed by atoms with Gasteiger partial charge >= 0.3 is 6.18 Å². The summed E-state index contributed by atoms with van der Waals surface area (Å²) >= 11 is 0. The summed E-state index contributed by atoms with van der Waals surface area (Å²) in [5.74, 6) is -3.58. The number of aromatic nitrogens is 4. The Bertz CT molecular complexity index is 1190. The van der Waals surface area contributed by atoms with Crippen molar-refractivity contribution < 1.29 is 26.3 Å². The van der Waals surface area contributed by atoms with Gasteiger partial charge in [0.2, 0.25) is 17.8 Å². The van der Waals surface area contributed by atoms with E-state index in [0.717, 1.165) is 6.07 Å². The van der Waals surface area contributed by atoms with Crippen molar-refractivity contribution in [3.8, 4) is 11.5 Å². The van der Waals surface area contributed by atoms with Gasteiger partial charge in [-0.2, -0.15) is 28.1 Å². The minimum Gasteiger partial charge on any atom is -0.388 e. The molecule has 0 atom stereocenters. The van der Waals surface area contributed by atoms with E-state index in [1.807, 2.05) is 0 Å². The average Bonchev–Trinajstić information content (AvgIpc) is 2.79. The summed E-state index contributed by atoms with van der Waals surface area (Å²) in [6.07, 6.45) is -4.97. The molecule has 1 aliphatic carbocycles. The van der Waals surface area contributed by atoms with Crippen molar-refractivity contribution in [3.05, 3.63) is 47.9 Å². The predicted octanol–water partition coefficient (Wildman–Crippen LogP) is 5.87. The molecule has 0 amide bonds. The summed E-state index contributed by atoms with van der Waals surface area (Å²) in [6.45, 7) is 0. The fraction of sp³-hybridized carbons (Fsp3) is 0.364. The van der Waals surface area contributed by atoms with Crippen LogP contribution in [0.15, 0.2) is 36.4 Å². The van der Waals surface area contributed by atoms with Gasteiger partial charge in [-0.1, -0.05) is 6.07 Å². The molecule has 2 aromatic heterocycles. The lowest BCUT2D eigenvalue weighted by Crippen LogP contribution is -2.32. The molecular weight excluding hydrogens is 476 g/mol. The fourth-order valence-electron chi connectivity index (χ4n) is 3.63. The van der Waals surface area contributed by atoms with Crippen molar-refractivity contribution in [1.82, 2.24) is 19.9 Å². The highest BCUT2D eigenvalue weighted by atomic mass is 19.4. The number of nitrogens with one attached hydrogen (secondary N) is 3. The zero-order chi connectivity index (χ0) is 25.2. The Morgan fingerprint density at radius 2 is 1.60 bits per heavy atom. The molecule has 3 N–H and O–H groups in total. The molecule has 0 unspecified atom stereocenters. The van der Waals surface area contributed by atoms with Crippen LogP contribution in [0.25, 0.3) is 11.5 Å². The maximum absolute atomic E-state index is 13.9. The second-order valence-electron chi connectivity index (χ2n) is 8.09. The van der Waals surface area contributed by atoms with E-state index in [9.17, 15) is 26.3 Å². The Balaban J connectivity index is 1.69. The van der Waals surface area contributed by atoms with Crippen LogP contribution in [0.5, 0.6) is 0 Å². The van der Waals surface area contributed by atoms with Crippen molar-refractivity contribution in [1.29, 1.82) is 0 Å². The zero-order valence-corrected chi connectivity index (χ0v) is 18.4. The normalized spacial score (nSPS) is 16.1. The minimum absolute atomic E-state index is 0.0304. The Morgan fingerprint density at radius 3 is 2.29 bits per heavy atom. The fourth-order valence-corrected chi connectivity index (χ4v) is 3.63. The second-order valence-corrected chi connectivity index (χ2v) is 8.09. The highest BCUT2D eigenvalue weighted by Gasteiger charge is 2.35. The van der Waals surface area contributed by atoms with E-state index in [-0.39, 0.29) is 60.8 Å². The molecule has 3 aromatic rings. The molecule has 186 valence electrons. The molecule has 4 rings (SSSR count). The van der Waals surface area contributed by atoms with Crippen molar-refractivity contribution in [2.45, 2.75) is 43.8 Å². The van der Waals surface area contributed by atoms with Gasteiger partial charge in [0, 0.05) is 37.3 Å². The number of benzene rings is 1. The molecule has 2 heterocycles. The molecule has 7 nitrogen and oxygen atoms in total. The topological polar surface area (TPSA) is 87.7 Å². The summed E-state index contributed by atoms with van der Waals surface area (Å²) in [7, 11) is 1.61. The summed E-state index contributed by atoms with van der Waals surface area (Å²) in [5, 5.41) is 8.58. The van der Waals surface area contributed by atoms with Crippen LogP contribution < -0.4 is 16.0 Å². The van der Waals surface area contributed by atoms with E-state index in [1.54, 1.807) is 13.1 Å². The molecule has 13 heteroatoms. The number of anilines is 4. The van der Waals surface area contributed by atoms with Gasteiger partial charge in [0.25, 0.3) is 0 Å². The third-order valence-corrected chi connectivity index (χ3v) is 5.40. The number of alkyl halides is 5. The summed E-state index contributed by atoms with van der Waals surface area (Å²) < 4.78 is 80.5. The predicted molar refractivity (Wildman–Crippen MR) is 118 cm³/mol. The smallest absolute Gasteiger partial charge is 0.388 e. The Kier molecular flexibility index (Phi) is 6.68. The third kappa shape index (κ3) is 6.28. The summed E-state index contributed by atoms with van der Waals surface area (Å²) in [5.41, 5.74) is -0.564. The lowest BCUT2D eigenvalue weighted by atomic mass is 9.92. The molecule has 0 spiro atoms. The molecule has 1 aromatic carbocycles. The van der Waals surface area contributed by atoms with Crippen LogP contribution >= 0.6 is 0 Å². The number of hydrogen-bond donors (Lipinski definition) is 3. The van der Waals surface area contributed by atoms with E-state index < -0.39 is 23.6 Å². The maximum atomic E-state index is 13.9. The van der Waals surface area contributed by atoms with Gasteiger partial charge in [-0.15, -0.1) is 0 Å². The SMILES string of the molecule is CNc1cc(F)cc(Nc2nc(NC3CCC(F)(F)CC3)nc(-c3cccc(C(F)(F)F)n3)n2)c1. The molecule has 0 bridgehead atoms. The molecule has 1 saturated carbocycles. The zero-order valence-electron chi connectivity index (χ0n) is 18.4. The average molecular weight is 497 g/mol. The largest absolute Gasteiger partial charge is 0.433 e. The first-order valence-electron chi connectivity index (χ1n) is 10.7. The quantitative estimate of drug-likeness (QED) is 0.368. The van der Waals surface area contributed by atoms with Crippen LogP contribution in [0.1, 0.15) is 31.4 Å². The Morgan fingerprint density at radius 1 is 0.914 bits per heavy atom. The van der Waals surface area contributed by atoms with Gasteiger partial charge in [-0.05, 0) is 43.2 Å². The number of pyridine rings is 1. The first-order chi connectivity index (χ1) is 16.5. The van der Waals surface area contributed by atoms with Crippen molar-refractivity contribution in [2.24, 2.45) is 0 Å². The van der Waals surface area contributed by atoms with Gasteiger partial charge in [0.05, 0.1) is 0 Å². The first kappa shape index (κ1) is 24.5. The molecule has 0 aliphatic heterocycles. The van der Waals surface area contributed by atoms with Crippen LogP contribution in [0.4, 0.5) is 49.6 Å². The third-order valence-electron chi connectivity index (χ3n) is 5.40. The van der Waals surface area contributed by atoms with Crippen LogP contribution in [0, 0.1) is 5.82 Å². The first-order valence-corrected chi connectivity index (χ1v) is 10.7. The number of halogens is 6. The van der Waals surface area contributed by atoms with Gasteiger partial charge in [-0.25, -0.2) is 18.2 Å². The van der Waals surface area contributed by atoms with Crippen LogP contribution in [-0.2, 0) is 6.18 Å². The monoisotopic (exact) mass is 497 g/mol. The molecule has 0 saturated heterocycles. The van der Waals surface area contributed by atoms with Crippen LogP contribution in [0.3, 0.4) is 0 Å². The molecule has 1 aliphatic rings. The molecule has 1 fully saturated rings.